The van der Waals surface area contributed by atoms with Crippen LogP contribution in [-0.2, 0) is 15.8 Å². The van der Waals surface area contributed by atoms with Crippen LogP contribution in [0.3, 0.4) is 0 Å². The van der Waals surface area contributed by atoms with Gasteiger partial charge in [0, 0.05) is 37.2 Å². The molecule has 1 aromatic rings. The lowest BCUT2D eigenvalue weighted by Crippen LogP contribution is -2.49. The van der Waals surface area contributed by atoms with Gasteiger partial charge in [-0.05, 0) is 52.7 Å². The lowest BCUT2D eigenvalue weighted by molar-refractivity contribution is -0.384. The van der Waals surface area contributed by atoms with Crippen LogP contribution in [-0.4, -0.2) is 53.4 Å². The van der Waals surface area contributed by atoms with Gasteiger partial charge in [0.1, 0.15) is 5.69 Å². The minimum absolute atomic E-state index is 0.0583. The maximum Gasteiger partial charge on any atom is 0.416 e. The Morgan fingerprint density at radius 2 is 1.81 bits per heavy atom. The van der Waals surface area contributed by atoms with Gasteiger partial charge in [-0.1, -0.05) is 0 Å². The van der Waals surface area contributed by atoms with Gasteiger partial charge in [0.2, 0.25) is 11.8 Å². The van der Waals surface area contributed by atoms with Crippen molar-refractivity contribution in [2.24, 2.45) is 5.92 Å². The van der Waals surface area contributed by atoms with Crippen molar-refractivity contribution in [1.29, 1.82) is 0 Å². The van der Waals surface area contributed by atoms with Gasteiger partial charge >= 0.3 is 6.18 Å². The molecule has 1 N–H and O–H groups in total. The van der Waals surface area contributed by atoms with E-state index in [0.29, 0.717) is 25.5 Å². The SMILES string of the molecule is CCN(CC(=O)NC(C)(C)C)C(=O)C1CCN(c2ccc(C(F)(F)F)cc2[N+](=O)[O-])CC1. The number of carbonyl (C=O) groups is 2. The van der Waals surface area contributed by atoms with Crippen LogP contribution in [0.1, 0.15) is 46.1 Å². The molecule has 0 aromatic heterocycles. The Hall–Kier alpha value is -2.85. The van der Waals surface area contributed by atoms with Crippen molar-refractivity contribution in [3.05, 3.63) is 33.9 Å². The zero-order valence-electron chi connectivity index (χ0n) is 18.7. The minimum Gasteiger partial charge on any atom is -0.366 e. The van der Waals surface area contributed by atoms with E-state index in [1.165, 1.54) is 4.90 Å². The van der Waals surface area contributed by atoms with Crippen LogP contribution >= 0.6 is 0 Å². The molecular formula is C21H29F3N4O4. The number of alkyl halides is 3. The summed E-state index contributed by atoms with van der Waals surface area (Å²) >= 11 is 0. The van der Waals surface area contributed by atoms with Gasteiger partial charge in [0.25, 0.3) is 5.69 Å². The Labute approximate surface area is 184 Å². The minimum atomic E-state index is -4.68. The van der Waals surface area contributed by atoms with Gasteiger partial charge in [-0.15, -0.1) is 0 Å². The normalized spacial score (nSPS) is 15.4. The highest BCUT2D eigenvalue weighted by molar-refractivity contribution is 5.86. The van der Waals surface area contributed by atoms with E-state index < -0.39 is 27.9 Å². The maximum atomic E-state index is 12.9. The van der Waals surface area contributed by atoms with Crippen LogP contribution in [0.5, 0.6) is 0 Å². The van der Waals surface area contributed by atoms with Crippen molar-refractivity contribution in [3.8, 4) is 0 Å². The van der Waals surface area contributed by atoms with E-state index >= 15 is 0 Å². The highest BCUT2D eigenvalue weighted by atomic mass is 19.4. The summed E-state index contributed by atoms with van der Waals surface area (Å²) in [6.45, 7) is 8.20. The molecule has 0 radical (unpaired) electrons. The molecule has 1 fully saturated rings. The zero-order valence-corrected chi connectivity index (χ0v) is 18.7. The number of hydrogen-bond donors (Lipinski definition) is 1. The third-order valence-corrected chi connectivity index (χ3v) is 5.23. The standard InChI is InChI=1S/C21H29F3N4O4/c1-5-26(13-18(29)25-20(2,3)4)19(30)14-8-10-27(11-9-14)16-7-6-15(21(22,23)24)12-17(16)28(31)32/h6-7,12,14H,5,8-11,13H2,1-4H3,(H,25,29). The van der Waals surface area contributed by atoms with Gasteiger partial charge < -0.3 is 15.1 Å². The van der Waals surface area contributed by atoms with Crippen molar-refractivity contribution in [2.45, 2.75) is 52.3 Å². The molecule has 0 aliphatic carbocycles. The number of amides is 2. The number of piperidine rings is 1. The van der Waals surface area contributed by atoms with Crippen LogP contribution in [0.15, 0.2) is 18.2 Å². The molecule has 8 nitrogen and oxygen atoms in total. The van der Waals surface area contributed by atoms with Crippen molar-refractivity contribution in [3.63, 3.8) is 0 Å². The Balaban J connectivity index is 2.07. The number of carbonyl (C=O) groups excluding carboxylic acids is 2. The first kappa shape index (κ1) is 25.4. The van der Waals surface area contributed by atoms with Crippen LogP contribution in [0.4, 0.5) is 24.5 Å². The summed E-state index contributed by atoms with van der Waals surface area (Å²) in [7, 11) is 0. The average molecular weight is 458 g/mol. The van der Waals surface area contributed by atoms with Crippen LogP contribution < -0.4 is 10.2 Å². The number of rotatable bonds is 6. The van der Waals surface area contributed by atoms with Gasteiger partial charge in [0.05, 0.1) is 17.0 Å². The summed E-state index contributed by atoms with van der Waals surface area (Å²) in [6, 6.07) is 2.48. The van der Waals surface area contributed by atoms with E-state index in [1.807, 2.05) is 20.8 Å². The maximum absolute atomic E-state index is 12.9. The Bertz CT molecular complexity index is 860. The highest BCUT2D eigenvalue weighted by Crippen LogP contribution is 2.37. The first-order chi connectivity index (χ1) is 14.7. The number of nitrogens with zero attached hydrogens (tertiary/aromatic N) is 3. The second-order valence-electron chi connectivity index (χ2n) is 8.87. The van der Waals surface area contributed by atoms with E-state index in [0.717, 1.165) is 12.1 Å². The fourth-order valence-electron chi connectivity index (χ4n) is 3.72. The van der Waals surface area contributed by atoms with Gasteiger partial charge in [-0.2, -0.15) is 13.2 Å². The molecule has 0 atom stereocenters. The number of benzene rings is 1. The number of nitro benzene ring substituents is 1. The molecule has 1 aliphatic rings. The quantitative estimate of drug-likeness (QED) is 0.519. The van der Waals surface area contributed by atoms with Gasteiger partial charge in [-0.25, -0.2) is 0 Å². The summed E-state index contributed by atoms with van der Waals surface area (Å²) in [6.07, 6.45) is -3.91. The zero-order chi connectivity index (χ0) is 24.3. The molecule has 2 rings (SSSR count). The van der Waals surface area contributed by atoms with Crippen molar-refractivity contribution in [2.75, 3.05) is 31.1 Å². The number of halogens is 3. The molecule has 1 aromatic carbocycles. The Morgan fingerprint density at radius 3 is 2.28 bits per heavy atom. The molecule has 1 heterocycles. The third-order valence-electron chi connectivity index (χ3n) is 5.23. The molecule has 178 valence electrons. The van der Waals surface area contributed by atoms with E-state index in [4.69, 9.17) is 0 Å². The largest absolute Gasteiger partial charge is 0.416 e. The topological polar surface area (TPSA) is 95.8 Å². The molecule has 0 saturated carbocycles. The first-order valence-electron chi connectivity index (χ1n) is 10.4. The van der Waals surface area contributed by atoms with E-state index in [2.05, 4.69) is 5.32 Å². The van der Waals surface area contributed by atoms with Crippen molar-refractivity contribution < 1.29 is 27.7 Å². The smallest absolute Gasteiger partial charge is 0.366 e. The number of anilines is 1. The molecule has 32 heavy (non-hydrogen) atoms. The molecule has 0 bridgehead atoms. The molecular weight excluding hydrogens is 429 g/mol. The van der Waals surface area contributed by atoms with Gasteiger partial charge in [-0.3, -0.25) is 19.7 Å². The second-order valence-corrected chi connectivity index (χ2v) is 8.87. The molecule has 11 heteroatoms. The molecule has 2 amide bonds. The fourth-order valence-corrected chi connectivity index (χ4v) is 3.72. The van der Waals surface area contributed by atoms with Crippen molar-refractivity contribution >= 4 is 23.2 Å². The lowest BCUT2D eigenvalue weighted by atomic mass is 9.94. The highest BCUT2D eigenvalue weighted by Gasteiger charge is 2.35. The number of nitro groups is 1. The van der Waals surface area contributed by atoms with Gasteiger partial charge in [0.15, 0.2) is 0 Å². The summed E-state index contributed by atoms with van der Waals surface area (Å²) < 4.78 is 38.8. The summed E-state index contributed by atoms with van der Waals surface area (Å²) in [4.78, 5) is 38.7. The molecule has 0 unspecified atom stereocenters. The monoisotopic (exact) mass is 458 g/mol. The number of likely N-dealkylation sites (N-methyl/N-ethyl adjacent to an activating group) is 1. The van der Waals surface area contributed by atoms with E-state index in [1.54, 1.807) is 11.8 Å². The van der Waals surface area contributed by atoms with Crippen LogP contribution in [0.25, 0.3) is 0 Å². The molecule has 1 saturated heterocycles. The number of hydrogen-bond acceptors (Lipinski definition) is 5. The number of nitrogens with one attached hydrogen (secondary N) is 1. The van der Waals surface area contributed by atoms with Crippen LogP contribution in [0, 0.1) is 16.0 Å². The summed E-state index contributed by atoms with van der Waals surface area (Å²) in [5.41, 5.74) is -2.00. The molecule has 0 spiro atoms. The molecule has 1 aliphatic heterocycles. The van der Waals surface area contributed by atoms with E-state index in [-0.39, 0.29) is 43.1 Å². The predicted molar refractivity (Wildman–Crippen MR) is 113 cm³/mol. The Kier molecular flexibility index (Phi) is 7.74. The lowest BCUT2D eigenvalue weighted by Gasteiger charge is -2.35. The second kappa shape index (κ2) is 9.74. The first-order valence-corrected chi connectivity index (χ1v) is 10.4. The fraction of sp³-hybridized carbons (Fsp3) is 0.619. The van der Waals surface area contributed by atoms with Crippen molar-refractivity contribution in [1.82, 2.24) is 10.2 Å². The summed E-state index contributed by atoms with van der Waals surface area (Å²) in [5, 5.41) is 14.2. The average Bonchev–Trinajstić information content (AvgIpc) is 2.69. The summed E-state index contributed by atoms with van der Waals surface area (Å²) in [5.74, 6) is -0.786. The predicted octanol–water partition coefficient (Wildman–Crippen LogP) is 3.59. The van der Waals surface area contributed by atoms with E-state index in [9.17, 15) is 32.9 Å². The third kappa shape index (κ3) is 6.57. The van der Waals surface area contributed by atoms with Crippen LogP contribution in [0.2, 0.25) is 0 Å². The Morgan fingerprint density at radius 1 is 1.22 bits per heavy atom.